The third-order valence-corrected chi connectivity index (χ3v) is 3.06. The van der Waals surface area contributed by atoms with Gasteiger partial charge in [0.2, 0.25) is 0 Å². The largest absolute Gasteiger partial charge is 0.435 e. The summed E-state index contributed by atoms with van der Waals surface area (Å²) < 4.78 is 28.7. The Morgan fingerprint density at radius 2 is 2.05 bits per heavy atom. The fourth-order valence-corrected chi connectivity index (χ4v) is 1.96. The van der Waals surface area contributed by atoms with Crippen LogP contribution >= 0.6 is 0 Å². The zero-order chi connectivity index (χ0) is 16.4. The maximum Gasteiger partial charge on any atom is 0.387 e. The molecule has 0 aromatic heterocycles. The molecule has 0 spiro atoms. The van der Waals surface area contributed by atoms with E-state index in [1.807, 2.05) is 6.07 Å². The van der Waals surface area contributed by atoms with Crippen molar-refractivity contribution in [3.05, 3.63) is 29.8 Å². The first kappa shape index (κ1) is 18.2. The van der Waals surface area contributed by atoms with Crippen molar-refractivity contribution in [2.24, 2.45) is 10.9 Å². The molecule has 0 radical (unpaired) electrons. The second-order valence-corrected chi connectivity index (χ2v) is 5.41. The highest BCUT2D eigenvalue weighted by molar-refractivity contribution is 5.79. The Morgan fingerprint density at radius 3 is 2.68 bits per heavy atom. The van der Waals surface area contributed by atoms with Crippen LogP contribution in [0.4, 0.5) is 8.78 Å². The third-order valence-electron chi connectivity index (χ3n) is 3.06. The highest BCUT2D eigenvalue weighted by Gasteiger charge is 2.05. The van der Waals surface area contributed by atoms with Crippen LogP contribution in [0.3, 0.4) is 0 Å². The van der Waals surface area contributed by atoms with Gasteiger partial charge in [0, 0.05) is 20.1 Å². The van der Waals surface area contributed by atoms with E-state index in [1.54, 1.807) is 19.2 Å². The predicted molar refractivity (Wildman–Crippen MR) is 85.3 cm³/mol. The molecule has 22 heavy (non-hydrogen) atoms. The molecule has 0 bridgehead atoms. The molecule has 124 valence electrons. The summed E-state index contributed by atoms with van der Waals surface area (Å²) in [6, 6.07) is 6.63. The summed E-state index contributed by atoms with van der Waals surface area (Å²) in [5.41, 5.74) is 0.850. The zero-order valence-corrected chi connectivity index (χ0v) is 13.4. The van der Waals surface area contributed by atoms with Gasteiger partial charge in [0.05, 0.1) is 0 Å². The highest BCUT2D eigenvalue weighted by atomic mass is 19.3. The van der Waals surface area contributed by atoms with E-state index in [9.17, 15) is 8.78 Å². The number of aliphatic imine (C=N–C) groups is 1. The van der Waals surface area contributed by atoms with Crippen molar-refractivity contribution >= 4 is 5.96 Å². The minimum atomic E-state index is -2.81. The topological polar surface area (TPSA) is 45.7 Å². The van der Waals surface area contributed by atoms with E-state index in [2.05, 4.69) is 34.2 Å². The molecule has 0 atom stereocenters. The normalized spacial score (nSPS) is 11.9. The van der Waals surface area contributed by atoms with E-state index in [1.165, 1.54) is 6.07 Å². The van der Waals surface area contributed by atoms with E-state index in [4.69, 9.17) is 0 Å². The molecule has 0 amide bonds. The lowest BCUT2D eigenvalue weighted by Gasteiger charge is -2.13. The molecule has 6 heteroatoms. The first-order valence-electron chi connectivity index (χ1n) is 7.49. The number of guanidine groups is 1. The van der Waals surface area contributed by atoms with Crippen molar-refractivity contribution < 1.29 is 13.5 Å². The van der Waals surface area contributed by atoms with E-state index in [0.29, 0.717) is 18.4 Å². The molecule has 0 unspecified atom stereocenters. The van der Waals surface area contributed by atoms with Gasteiger partial charge in [-0.05, 0) is 36.5 Å². The number of ether oxygens (including phenoxy) is 1. The Labute approximate surface area is 131 Å². The number of hydrogen-bond donors (Lipinski definition) is 2. The summed E-state index contributed by atoms with van der Waals surface area (Å²) in [6.45, 7) is 2.93. The Morgan fingerprint density at radius 1 is 1.27 bits per heavy atom. The molecule has 4 nitrogen and oxygen atoms in total. The molecule has 2 N–H and O–H groups in total. The second-order valence-electron chi connectivity index (χ2n) is 5.41. The van der Waals surface area contributed by atoms with Gasteiger partial charge >= 0.3 is 6.61 Å². The van der Waals surface area contributed by atoms with Gasteiger partial charge in [0.15, 0.2) is 5.96 Å². The standard InChI is InChI=1S/C16H25F2N3O/c1-12(2)6-5-9-20-16(19-3)21-11-13-7-4-8-14(10-13)22-15(17)18/h4,7-8,10,12,15H,5-6,9,11H2,1-3H3,(H2,19,20,21). The number of benzene rings is 1. The number of halogens is 2. The minimum absolute atomic E-state index is 0.161. The molecular formula is C16H25F2N3O. The van der Waals surface area contributed by atoms with Gasteiger partial charge in [-0.25, -0.2) is 0 Å². The summed E-state index contributed by atoms with van der Waals surface area (Å²) in [5.74, 6) is 1.55. The lowest BCUT2D eigenvalue weighted by atomic mass is 10.1. The highest BCUT2D eigenvalue weighted by Crippen LogP contribution is 2.15. The molecule has 0 aliphatic carbocycles. The minimum Gasteiger partial charge on any atom is -0.435 e. The monoisotopic (exact) mass is 313 g/mol. The summed E-state index contributed by atoms with van der Waals surface area (Å²) in [6.07, 6.45) is 2.24. The van der Waals surface area contributed by atoms with E-state index in [0.717, 1.165) is 24.9 Å². The van der Waals surface area contributed by atoms with Crippen LogP contribution in [0.25, 0.3) is 0 Å². The quantitative estimate of drug-likeness (QED) is 0.439. The van der Waals surface area contributed by atoms with E-state index < -0.39 is 6.61 Å². The lowest BCUT2D eigenvalue weighted by Crippen LogP contribution is -2.37. The van der Waals surface area contributed by atoms with Crippen molar-refractivity contribution in [2.75, 3.05) is 13.6 Å². The molecule has 0 saturated heterocycles. The van der Waals surface area contributed by atoms with Crippen LogP contribution in [0.2, 0.25) is 0 Å². The van der Waals surface area contributed by atoms with Gasteiger partial charge in [-0.2, -0.15) is 8.78 Å². The van der Waals surface area contributed by atoms with Crippen LogP contribution in [-0.2, 0) is 6.54 Å². The smallest absolute Gasteiger partial charge is 0.387 e. The number of rotatable bonds is 8. The summed E-state index contributed by atoms with van der Waals surface area (Å²) in [7, 11) is 1.70. The van der Waals surface area contributed by atoms with Crippen LogP contribution in [0.5, 0.6) is 5.75 Å². The van der Waals surface area contributed by atoms with Gasteiger partial charge < -0.3 is 15.4 Å². The molecule has 0 aliphatic heterocycles. The molecule has 0 saturated carbocycles. The zero-order valence-electron chi connectivity index (χ0n) is 13.4. The predicted octanol–water partition coefficient (Wildman–Crippen LogP) is 3.39. The molecule has 0 aliphatic rings. The lowest BCUT2D eigenvalue weighted by molar-refractivity contribution is -0.0498. The van der Waals surface area contributed by atoms with E-state index >= 15 is 0 Å². The first-order valence-corrected chi connectivity index (χ1v) is 7.49. The van der Waals surface area contributed by atoms with E-state index in [-0.39, 0.29) is 5.75 Å². The molecule has 0 fully saturated rings. The number of hydrogen-bond acceptors (Lipinski definition) is 2. The molecule has 1 aromatic rings. The maximum atomic E-state index is 12.2. The summed E-state index contributed by atoms with van der Waals surface area (Å²) in [5, 5.41) is 6.38. The van der Waals surface area contributed by atoms with Crippen molar-refractivity contribution in [3.63, 3.8) is 0 Å². The average Bonchev–Trinajstić information content (AvgIpc) is 2.46. The average molecular weight is 313 g/mol. The van der Waals surface area contributed by atoms with Gasteiger partial charge in [-0.1, -0.05) is 26.0 Å². The fraction of sp³-hybridized carbons (Fsp3) is 0.562. The van der Waals surface area contributed by atoms with Gasteiger partial charge in [-0.15, -0.1) is 0 Å². The molecule has 0 heterocycles. The number of nitrogens with one attached hydrogen (secondary N) is 2. The number of alkyl halides is 2. The van der Waals surface area contributed by atoms with Crippen molar-refractivity contribution in [1.29, 1.82) is 0 Å². The maximum absolute atomic E-state index is 12.2. The van der Waals surface area contributed by atoms with Crippen molar-refractivity contribution in [3.8, 4) is 5.75 Å². The Hall–Kier alpha value is -1.85. The fourth-order valence-electron chi connectivity index (χ4n) is 1.96. The SMILES string of the molecule is CN=C(NCCCC(C)C)NCc1cccc(OC(F)F)c1. The second kappa shape index (κ2) is 9.97. The van der Waals surface area contributed by atoms with Crippen LogP contribution in [0, 0.1) is 5.92 Å². The van der Waals surface area contributed by atoms with Gasteiger partial charge in [-0.3, -0.25) is 4.99 Å². The molecule has 1 rings (SSSR count). The first-order chi connectivity index (χ1) is 10.5. The van der Waals surface area contributed by atoms with Gasteiger partial charge in [0.1, 0.15) is 5.75 Å². The van der Waals surface area contributed by atoms with Crippen LogP contribution in [0.15, 0.2) is 29.3 Å². The van der Waals surface area contributed by atoms with Crippen molar-refractivity contribution in [2.45, 2.75) is 39.8 Å². The van der Waals surface area contributed by atoms with Crippen LogP contribution in [-0.4, -0.2) is 26.2 Å². The molecule has 1 aromatic carbocycles. The molecular weight excluding hydrogens is 288 g/mol. The van der Waals surface area contributed by atoms with Crippen LogP contribution in [0.1, 0.15) is 32.3 Å². The number of nitrogens with zero attached hydrogens (tertiary/aromatic N) is 1. The van der Waals surface area contributed by atoms with Crippen molar-refractivity contribution in [1.82, 2.24) is 10.6 Å². The Bertz CT molecular complexity index is 464. The van der Waals surface area contributed by atoms with Crippen LogP contribution < -0.4 is 15.4 Å². The summed E-state index contributed by atoms with van der Waals surface area (Å²) >= 11 is 0. The Kier molecular flexibility index (Phi) is 8.25. The Balaban J connectivity index is 2.39. The summed E-state index contributed by atoms with van der Waals surface area (Å²) in [4.78, 5) is 4.13. The third kappa shape index (κ3) is 7.81. The van der Waals surface area contributed by atoms with Gasteiger partial charge in [0.25, 0.3) is 0 Å².